The number of hydrogen-bond donors (Lipinski definition) is 1. The maximum atomic E-state index is 12.4. The molecule has 0 spiro atoms. The van der Waals surface area contributed by atoms with Crippen molar-refractivity contribution in [3.8, 4) is 0 Å². The van der Waals surface area contributed by atoms with Gasteiger partial charge in [0.15, 0.2) is 0 Å². The molecule has 0 fully saturated rings. The Morgan fingerprint density at radius 1 is 1.47 bits per heavy atom. The largest absolute Gasteiger partial charge is 0.465 e. The van der Waals surface area contributed by atoms with Gasteiger partial charge in [-0.15, -0.1) is 11.3 Å². The van der Waals surface area contributed by atoms with Crippen LogP contribution in [0.2, 0.25) is 0 Å². The fourth-order valence-electron chi connectivity index (χ4n) is 1.58. The molecular formula is C13H20N2O3S. The van der Waals surface area contributed by atoms with Crippen LogP contribution in [0.25, 0.3) is 0 Å². The zero-order valence-corrected chi connectivity index (χ0v) is 12.5. The molecule has 1 amide bonds. The van der Waals surface area contributed by atoms with Crippen molar-refractivity contribution in [2.45, 2.75) is 33.7 Å². The second kappa shape index (κ2) is 6.56. The van der Waals surface area contributed by atoms with Crippen molar-refractivity contribution in [2.24, 2.45) is 0 Å². The van der Waals surface area contributed by atoms with Crippen LogP contribution >= 0.6 is 11.3 Å². The van der Waals surface area contributed by atoms with Gasteiger partial charge in [0.25, 0.3) is 5.91 Å². The number of thiophene rings is 1. The summed E-state index contributed by atoms with van der Waals surface area (Å²) in [5.41, 5.74) is 6.36. The van der Waals surface area contributed by atoms with Crippen LogP contribution in [0.15, 0.2) is 6.07 Å². The van der Waals surface area contributed by atoms with E-state index in [1.54, 1.807) is 13.0 Å². The van der Waals surface area contributed by atoms with Gasteiger partial charge in [0.2, 0.25) is 0 Å². The van der Waals surface area contributed by atoms with E-state index in [9.17, 15) is 9.59 Å². The van der Waals surface area contributed by atoms with Crippen molar-refractivity contribution in [3.63, 3.8) is 0 Å². The molecule has 0 aliphatic carbocycles. The van der Waals surface area contributed by atoms with Crippen LogP contribution < -0.4 is 5.73 Å². The zero-order valence-electron chi connectivity index (χ0n) is 11.7. The highest BCUT2D eigenvalue weighted by Crippen LogP contribution is 2.25. The lowest BCUT2D eigenvalue weighted by Gasteiger charge is -2.25. The minimum Gasteiger partial charge on any atom is -0.465 e. The van der Waals surface area contributed by atoms with E-state index in [2.05, 4.69) is 0 Å². The van der Waals surface area contributed by atoms with Gasteiger partial charge >= 0.3 is 5.97 Å². The van der Waals surface area contributed by atoms with E-state index in [4.69, 9.17) is 10.5 Å². The Morgan fingerprint density at radius 2 is 2.11 bits per heavy atom. The number of carbonyl (C=O) groups excluding carboxylic acids is 2. The van der Waals surface area contributed by atoms with Crippen molar-refractivity contribution in [1.82, 2.24) is 4.90 Å². The van der Waals surface area contributed by atoms with E-state index in [1.165, 1.54) is 16.2 Å². The monoisotopic (exact) mass is 284 g/mol. The first kappa shape index (κ1) is 15.5. The Labute approximate surface area is 117 Å². The Kier molecular flexibility index (Phi) is 5.35. The Balaban J connectivity index is 2.87. The smallest absolute Gasteiger partial charge is 0.325 e. The molecule has 0 atom stereocenters. The van der Waals surface area contributed by atoms with Gasteiger partial charge in [0, 0.05) is 16.6 Å². The summed E-state index contributed by atoms with van der Waals surface area (Å²) in [6.07, 6.45) is 0. The maximum absolute atomic E-state index is 12.4. The lowest BCUT2D eigenvalue weighted by molar-refractivity contribution is -0.144. The number of anilines is 1. The summed E-state index contributed by atoms with van der Waals surface area (Å²) in [5, 5.41) is 0. The molecule has 19 heavy (non-hydrogen) atoms. The van der Waals surface area contributed by atoms with Gasteiger partial charge in [-0.2, -0.15) is 0 Å². The van der Waals surface area contributed by atoms with E-state index < -0.39 is 5.97 Å². The minimum atomic E-state index is -0.397. The Hall–Kier alpha value is -1.56. The molecule has 0 saturated carbocycles. The summed E-state index contributed by atoms with van der Waals surface area (Å²) in [5.74, 6) is -0.585. The highest BCUT2D eigenvalue weighted by Gasteiger charge is 2.23. The summed E-state index contributed by atoms with van der Waals surface area (Å²) in [7, 11) is 0. The van der Waals surface area contributed by atoms with Gasteiger partial charge < -0.3 is 15.4 Å². The van der Waals surface area contributed by atoms with Crippen molar-refractivity contribution < 1.29 is 14.3 Å². The predicted octanol–water partition coefficient (Wildman–Crippen LogP) is 2.05. The maximum Gasteiger partial charge on any atom is 0.325 e. The van der Waals surface area contributed by atoms with Gasteiger partial charge in [-0.25, -0.2) is 0 Å². The van der Waals surface area contributed by atoms with Crippen molar-refractivity contribution >= 4 is 28.9 Å². The topological polar surface area (TPSA) is 72.6 Å². The SMILES string of the molecule is CCOC(=O)CN(C(=O)c1cc(N)c(C)s1)C(C)C. The highest BCUT2D eigenvalue weighted by atomic mass is 32.1. The third kappa shape index (κ3) is 3.96. The molecule has 1 rings (SSSR count). The van der Waals surface area contributed by atoms with Crippen LogP contribution in [-0.2, 0) is 9.53 Å². The van der Waals surface area contributed by atoms with Crippen LogP contribution in [0, 0.1) is 6.92 Å². The van der Waals surface area contributed by atoms with Crippen molar-refractivity contribution in [1.29, 1.82) is 0 Å². The summed E-state index contributed by atoms with van der Waals surface area (Å²) in [6, 6.07) is 1.57. The molecule has 0 saturated heterocycles. The molecule has 0 bridgehead atoms. The van der Waals surface area contributed by atoms with E-state index >= 15 is 0 Å². The first-order chi connectivity index (χ1) is 8.86. The lowest BCUT2D eigenvalue weighted by Crippen LogP contribution is -2.41. The summed E-state index contributed by atoms with van der Waals surface area (Å²) < 4.78 is 4.88. The number of rotatable bonds is 5. The second-order valence-electron chi connectivity index (χ2n) is 4.45. The molecule has 6 heteroatoms. The quantitative estimate of drug-likeness (QED) is 0.840. The van der Waals surface area contributed by atoms with Crippen LogP contribution in [0.3, 0.4) is 0 Å². The second-order valence-corrected chi connectivity index (χ2v) is 5.71. The van der Waals surface area contributed by atoms with Gasteiger partial charge in [0.05, 0.1) is 11.5 Å². The number of nitrogens with zero attached hydrogens (tertiary/aromatic N) is 1. The number of aryl methyl sites for hydroxylation is 1. The molecular weight excluding hydrogens is 264 g/mol. The predicted molar refractivity (Wildman–Crippen MR) is 76.3 cm³/mol. The highest BCUT2D eigenvalue weighted by molar-refractivity contribution is 7.14. The minimum absolute atomic E-state index is 0.0405. The van der Waals surface area contributed by atoms with Crippen molar-refractivity contribution in [2.75, 3.05) is 18.9 Å². The number of nitrogen functional groups attached to an aromatic ring is 1. The lowest BCUT2D eigenvalue weighted by atomic mass is 10.2. The van der Waals surface area contributed by atoms with Crippen molar-refractivity contribution in [3.05, 3.63) is 15.8 Å². The first-order valence-corrected chi connectivity index (χ1v) is 7.01. The number of carbonyl (C=O) groups is 2. The molecule has 5 nitrogen and oxygen atoms in total. The molecule has 0 aliphatic rings. The summed E-state index contributed by atoms with van der Waals surface area (Å²) in [6.45, 7) is 7.59. The molecule has 1 aromatic rings. The van der Waals surface area contributed by atoms with Crippen LogP contribution in [0.5, 0.6) is 0 Å². The molecule has 0 aliphatic heterocycles. The number of nitrogens with two attached hydrogens (primary N) is 1. The normalized spacial score (nSPS) is 10.6. The van der Waals surface area contributed by atoms with Gasteiger partial charge in [0.1, 0.15) is 6.54 Å². The van der Waals surface area contributed by atoms with E-state index in [1.807, 2.05) is 20.8 Å². The fourth-order valence-corrected chi connectivity index (χ4v) is 2.47. The third-order valence-electron chi connectivity index (χ3n) is 2.66. The van der Waals surface area contributed by atoms with Crippen LogP contribution in [0.4, 0.5) is 5.69 Å². The number of hydrogen-bond acceptors (Lipinski definition) is 5. The van der Waals surface area contributed by atoms with Crippen LogP contribution in [0.1, 0.15) is 35.3 Å². The third-order valence-corrected chi connectivity index (χ3v) is 3.71. The average Bonchev–Trinajstić information content (AvgIpc) is 2.66. The average molecular weight is 284 g/mol. The van der Waals surface area contributed by atoms with Gasteiger partial charge in [-0.3, -0.25) is 9.59 Å². The molecule has 0 aromatic carbocycles. The zero-order chi connectivity index (χ0) is 14.6. The fraction of sp³-hybridized carbons (Fsp3) is 0.538. The van der Waals surface area contributed by atoms with E-state index in [-0.39, 0.29) is 18.5 Å². The van der Waals surface area contributed by atoms with Gasteiger partial charge in [-0.1, -0.05) is 0 Å². The first-order valence-electron chi connectivity index (χ1n) is 6.19. The molecule has 0 radical (unpaired) electrons. The standard InChI is InChI=1S/C13H20N2O3S/c1-5-18-12(16)7-15(8(2)3)13(17)11-6-10(14)9(4)19-11/h6,8H,5,7,14H2,1-4H3. The van der Waals surface area contributed by atoms with Gasteiger partial charge in [-0.05, 0) is 33.8 Å². The number of ether oxygens (including phenoxy) is 1. The molecule has 1 aromatic heterocycles. The Morgan fingerprint density at radius 3 is 2.53 bits per heavy atom. The number of amides is 1. The molecule has 1 heterocycles. The molecule has 2 N–H and O–H groups in total. The molecule has 0 unspecified atom stereocenters. The Bertz CT molecular complexity index is 449. The summed E-state index contributed by atoms with van der Waals surface area (Å²) >= 11 is 1.34. The number of esters is 1. The summed E-state index contributed by atoms with van der Waals surface area (Å²) in [4.78, 5) is 26.8. The van der Waals surface area contributed by atoms with E-state index in [0.29, 0.717) is 17.2 Å². The van der Waals surface area contributed by atoms with E-state index in [0.717, 1.165) is 4.88 Å². The molecule has 106 valence electrons. The van der Waals surface area contributed by atoms with Crippen LogP contribution in [-0.4, -0.2) is 36.0 Å².